The standard InChI is InChI=1S/C8H12GeO12/c10-1-5(14)18-9(19-6(15)2-11,20-7(16)3-12)21-8(17)4-13/h10-13H,1-4H2. The molecule has 120 valence electrons. The second-order valence-electron chi connectivity index (χ2n) is 3.03. The molecule has 0 saturated heterocycles. The number of hydrogen-bond acceptors (Lipinski definition) is 12. The molecule has 0 amide bonds. The molecular formula is C8H12GeO12. The minimum atomic E-state index is -5.77. The maximum atomic E-state index is 11.1. The molecule has 0 fully saturated rings. The fourth-order valence-corrected chi connectivity index (χ4v) is 4.22. The van der Waals surface area contributed by atoms with E-state index in [9.17, 15) is 19.2 Å². The number of aliphatic hydroxyl groups is 4. The third-order valence-electron chi connectivity index (χ3n) is 1.47. The van der Waals surface area contributed by atoms with Gasteiger partial charge in [0.25, 0.3) is 0 Å². The van der Waals surface area contributed by atoms with Crippen molar-refractivity contribution in [3.05, 3.63) is 0 Å². The van der Waals surface area contributed by atoms with Gasteiger partial charge in [0, 0.05) is 0 Å². The van der Waals surface area contributed by atoms with Crippen molar-refractivity contribution in [2.24, 2.45) is 0 Å². The Bertz CT molecular complexity index is 329. The summed E-state index contributed by atoms with van der Waals surface area (Å²) in [7, 11) is 0. The van der Waals surface area contributed by atoms with Crippen molar-refractivity contribution in [2.45, 2.75) is 0 Å². The Kier molecular flexibility index (Phi) is 8.48. The van der Waals surface area contributed by atoms with E-state index in [1.165, 1.54) is 0 Å². The van der Waals surface area contributed by atoms with Crippen molar-refractivity contribution in [3.63, 3.8) is 0 Å². The summed E-state index contributed by atoms with van der Waals surface area (Å²) < 4.78 is 17.4. The molecule has 0 atom stereocenters. The van der Waals surface area contributed by atoms with E-state index in [2.05, 4.69) is 15.1 Å². The van der Waals surface area contributed by atoms with Crippen LogP contribution in [0, 0.1) is 0 Å². The molecule has 4 N–H and O–H groups in total. The van der Waals surface area contributed by atoms with E-state index < -0.39 is 64.9 Å². The predicted molar refractivity (Wildman–Crippen MR) is 58.5 cm³/mol. The quantitative estimate of drug-likeness (QED) is 0.300. The van der Waals surface area contributed by atoms with Crippen LogP contribution < -0.4 is 0 Å². The molecular weight excluding hydrogens is 361 g/mol. The fraction of sp³-hybridized carbons (Fsp3) is 0.500. The van der Waals surface area contributed by atoms with Crippen LogP contribution in [0.5, 0.6) is 0 Å². The van der Waals surface area contributed by atoms with Gasteiger partial charge in [-0.1, -0.05) is 0 Å². The minimum absolute atomic E-state index is 1.24. The zero-order valence-corrected chi connectivity index (χ0v) is 12.5. The van der Waals surface area contributed by atoms with Gasteiger partial charge in [-0.05, 0) is 0 Å². The monoisotopic (exact) mass is 374 g/mol. The summed E-state index contributed by atoms with van der Waals surface area (Å²) in [6, 6.07) is 0. The van der Waals surface area contributed by atoms with Gasteiger partial charge >= 0.3 is 120 Å². The number of carbonyl (C=O) groups is 4. The van der Waals surface area contributed by atoms with Gasteiger partial charge in [0.15, 0.2) is 0 Å². The summed E-state index contributed by atoms with van der Waals surface area (Å²) in [5.74, 6) is -5.90. The topological polar surface area (TPSA) is 186 Å². The molecule has 0 aliphatic carbocycles. The number of hydrogen-bond donors (Lipinski definition) is 4. The van der Waals surface area contributed by atoms with Crippen molar-refractivity contribution in [1.29, 1.82) is 0 Å². The Hall–Kier alpha value is -1.74. The Balaban J connectivity index is 5.43. The summed E-state index contributed by atoms with van der Waals surface area (Å²) in [4.78, 5) is 44.2. The van der Waals surface area contributed by atoms with Gasteiger partial charge in [-0.3, -0.25) is 0 Å². The zero-order chi connectivity index (χ0) is 16.5. The molecule has 0 unspecified atom stereocenters. The Morgan fingerprint density at radius 2 is 0.762 bits per heavy atom. The van der Waals surface area contributed by atoms with Crippen LogP contribution in [-0.4, -0.2) is 85.3 Å². The van der Waals surface area contributed by atoms with Crippen LogP contribution >= 0.6 is 0 Å². The van der Waals surface area contributed by atoms with Crippen LogP contribution in [0.4, 0.5) is 0 Å². The van der Waals surface area contributed by atoms with Gasteiger partial charge in [-0.15, -0.1) is 0 Å². The number of rotatable bonds is 8. The van der Waals surface area contributed by atoms with Crippen molar-refractivity contribution in [1.82, 2.24) is 0 Å². The number of carbonyl (C=O) groups excluding carboxylic acids is 4. The average molecular weight is 373 g/mol. The van der Waals surface area contributed by atoms with E-state index in [0.29, 0.717) is 0 Å². The van der Waals surface area contributed by atoms with Crippen LogP contribution in [0.25, 0.3) is 0 Å². The molecule has 0 saturated carbocycles. The van der Waals surface area contributed by atoms with Crippen LogP contribution in [0.3, 0.4) is 0 Å². The van der Waals surface area contributed by atoms with E-state index in [-0.39, 0.29) is 0 Å². The molecule has 0 bridgehead atoms. The second kappa shape index (κ2) is 9.25. The Morgan fingerprint density at radius 1 is 0.571 bits per heavy atom. The first-order valence-electron chi connectivity index (χ1n) is 5.13. The van der Waals surface area contributed by atoms with Gasteiger partial charge < -0.3 is 0 Å². The van der Waals surface area contributed by atoms with E-state index in [1.54, 1.807) is 0 Å². The van der Waals surface area contributed by atoms with E-state index in [0.717, 1.165) is 0 Å². The van der Waals surface area contributed by atoms with Gasteiger partial charge in [0.2, 0.25) is 0 Å². The third-order valence-corrected chi connectivity index (χ3v) is 5.48. The molecule has 0 radical (unpaired) electrons. The molecule has 0 aromatic heterocycles. The van der Waals surface area contributed by atoms with Crippen LogP contribution in [0.15, 0.2) is 0 Å². The second-order valence-corrected chi connectivity index (χ2v) is 6.84. The van der Waals surface area contributed by atoms with Crippen LogP contribution in [0.1, 0.15) is 0 Å². The first kappa shape index (κ1) is 19.3. The molecule has 0 spiro atoms. The molecule has 12 nitrogen and oxygen atoms in total. The molecule has 13 heteroatoms. The molecule has 0 heterocycles. The molecule has 0 aliphatic heterocycles. The molecule has 0 aliphatic rings. The predicted octanol–water partition coefficient (Wildman–Crippen LogP) is -4.44. The van der Waals surface area contributed by atoms with E-state index >= 15 is 0 Å². The summed E-state index contributed by atoms with van der Waals surface area (Å²) >= 11 is -5.77. The van der Waals surface area contributed by atoms with Gasteiger partial charge in [-0.2, -0.15) is 0 Å². The van der Waals surface area contributed by atoms with Crippen LogP contribution in [0.2, 0.25) is 0 Å². The molecule has 0 aromatic carbocycles. The first-order chi connectivity index (χ1) is 9.82. The maximum absolute atomic E-state index is 11.1. The van der Waals surface area contributed by atoms with E-state index in [1.807, 2.05) is 0 Å². The van der Waals surface area contributed by atoms with Gasteiger partial charge in [0.05, 0.1) is 0 Å². The van der Waals surface area contributed by atoms with Crippen LogP contribution in [-0.2, 0) is 34.2 Å². The van der Waals surface area contributed by atoms with Crippen molar-refractivity contribution in [3.8, 4) is 0 Å². The van der Waals surface area contributed by atoms with Gasteiger partial charge in [-0.25, -0.2) is 0 Å². The average Bonchev–Trinajstić information content (AvgIpc) is 2.46. The number of aliphatic hydroxyl groups excluding tert-OH is 4. The Labute approximate surface area is 120 Å². The Morgan fingerprint density at radius 3 is 0.905 bits per heavy atom. The molecule has 0 rings (SSSR count). The van der Waals surface area contributed by atoms with Crippen molar-refractivity contribution < 1.29 is 54.7 Å². The fourth-order valence-electron chi connectivity index (χ4n) is 0.812. The van der Waals surface area contributed by atoms with E-state index in [4.69, 9.17) is 20.4 Å². The molecule has 21 heavy (non-hydrogen) atoms. The molecule has 0 aromatic rings. The summed E-state index contributed by atoms with van der Waals surface area (Å²) in [5, 5.41) is 34.2. The third kappa shape index (κ3) is 7.00. The SMILES string of the molecule is O=C(CO)[O][Ge]([O]C(=O)CO)([O]C(=O)CO)[O]C(=O)CO. The zero-order valence-electron chi connectivity index (χ0n) is 10.4. The normalized spacial score (nSPS) is 10.5. The van der Waals surface area contributed by atoms with Crippen molar-refractivity contribution >= 4 is 38.5 Å². The van der Waals surface area contributed by atoms with Gasteiger partial charge in [0.1, 0.15) is 0 Å². The first-order valence-corrected chi connectivity index (χ1v) is 8.55. The van der Waals surface area contributed by atoms with Crippen molar-refractivity contribution in [2.75, 3.05) is 26.4 Å². The summed E-state index contributed by atoms with van der Waals surface area (Å²) in [6.07, 6.45) is 0. The summed E-state index contributed by atoms with van der Waals surface area (Å²) in [6.45, 7) is -4.96. The summed E-state index contributed by atoms with van der Waals surface area (Å²) in [5.41, 5.74) is 0.